The highest BCUT2D eigenvalue weighted by atomic mass is 31.2. The molecule has 1 N–H and O–H groups in total. The largest absolute Gasteiger partial charge is 0.332 e. The smallest absolute Gasteiger partial charge is 0.309 e. The lowest BCUT2D eigenvalue weighted by molar-refractivity contribution is -0.164. The van der Waals surface area contributed by atoms with Crippen LogP contribution in [0.25, 0.3) is 0 Å². The predicted octanol–water partition coefficient (Wildman–Crippen LogP) is 1.08. The summed E-state index contributed by atoms with van der Waals surface area (Å²) in [5, 5.41) is 1.44. The molecule has 2 heterocycles. The second kappa shape index (κ2) is 7.71. The SMILES string of the molecule is CCOP(=O)(C[C@H]1C[C@H](n2cc(F)c(=O)[nH]c2=O)ON1C)OCC. The van der Waals surface area contributed by atoms with Crippen LogP contribution in [0.4, 0.5) is 4.39 Å². The van der Waals surface area contributed by atoms with Crippen molar-refractivity contribution in [3.05, 3.63) is 32.9 Å². The summed E-state index contributed by atoms with van der Waals surface area (Å²) in [6.45, 7) is 3.91. The Morgan fingerprint density at radius 3 is 2.58 bits per heavy atom. The van der Waals surface area contributed by atoms with Crippen LogP contribution in [0.3, 0.4) is 0 Å². The van der Waals surface area contributed by atoms with Gasteiger partial charge in [0.1, 0.15) is 0 Å². The number of rotatable bonds is 7. The molecule has 24 heavy (non-hydrogen) atoms. The molecule has 1 aromatic heterocycles. The fraction of sp³-hybridized carbons (Fsp3) is 0.692. The van der Waals surface area contributed by atoms with Crippen molar-refractivity contribution >= 4 is 7.60 Å². The predicted molar refractivity (Wildman–Crippen MR) is 83.3 cm³/mol. The van der Waals surface area contributed by atoms with Gasteiger partial charge in [-0.05, 0) is 13.8 Å². The number of halogens is 1. The first-order valence-corrected chi connectivity index (χ1v) is 9.31. The molecule has 0 unspecified atom stereocenters. The van der Waals surface area contributed by atoms with Crippen LogP contribution < -0.4 is 11.2 Å². The van der Waals surface area contributed by atoms with E-state index in [0.29, 0.717) is 0 Å². The Balaban J connectivity index is 2.18. The van der Waals surface area contributed by atoms with E-state index < -0.39 is 30.9 Å². The Morgan fingerprint density at radius 1 is 1.38 bits per heavy atom. The van der Waals surface area contributed by atoms with E-state index in [4.69, 9.17) is 13.9 Å². The van der Waals surface area contributed by atoms with Gasteiger partial charge in [0.2, 0.25) is 5.82 Å². The van der Waals surface area contributed by atoms with Crippen LogP contribution in [0.15, 0.2) is 15.8 Å². The van der Waals surface area contributed by atoms with Crippen LogP contribution in [0.1, 0.15) is 26.5 Å². The van der Waals surface area contributed by atoms with E-state index in [9.17, 15) is 18.5 Å². The zero-order valence-corrected chi connectivity index (χ0v) is 14.6. The molecule has 1 aliphatic heterocycles. The highest BCUT2D eigenvalue weighted by molar-refractivity contribution is 7.53. The molecule has 0 amide bonds. The van der Waals surface area contributed by atoms with Gasteiger partial charge in [0.15, 0.2) is 6.23 Å². The van der Waals surface area contributed by atoms with Crippen LogP contribution in [-0.4, -0.2) is 47.1 Å². The minimum atomic E-state index is -3.29. The standard InChI is InChI=1S/C13H21FN3O6P/c1-4-21-24(20,22-5-2)8-9-6-11(23-16(9)3)17-7-10(14)12(18)15-13(17)19/h7,9,11H,4-6,8H2,1-3H3,(H,15,18,19)/t9-,11-/m1/s1. The van der Waals surface area contributed by atoms with Gasteiger partial charge in [-0.3, -0.25) is 23.7 Å². The minimum Gasteiger partial charge on any atom is -0.309 e. The number of hydrogen-bond donors (Lipinski definition) is 1. The van der Waals surface area contributed by atoms with Gasteiger partial charge in [-0.1, -0.05) is 0 Å². The fourth-order valence-electron chi connectivity index (χ4n) is 2.52. The highest BCUT2D eigenvalue weighted by Gasteiger charge is 2.39. The molecule has 0 aromatic carbocycles. The molecule has 1 saturated heterocycles. The van der Waals surface area contributed by atoms with Gasteiger partial charge < -0.3 is 9.05 Å². The van der Waals surface area contributed by atoms with Crippen LogP contribution in [-0.2, 0) is 18.5 Å². The van der Waals surface area contributed by atoms with E-state index in [2.05, 4.69) is 0 Å². The summed E-state index contributed by atoms with van der Waals surface area (Å²) < 4.78 is 37.5. The molecule has 1 aromatic rings. The summed E-state index contributed by atoms with van der Waals surface area (Å²) in [5.41, 5.74) is -1.87. The maximum Gasteiger partial charge on any atom is 0.332 e. The third kappa shape index (κ3) is 4.20. The molecular weight excluding hydrogens is 344 g/mol. The average Bonchev–Trinajstić information content (AvgIpc) is 2.84. The lowest BCUT2D eigenvalue weighted by atomic mass is 10.2. The van der Waals surface area contributed by atoms with Crippen molar-refractivity contribution < 1.29 is 22.8 Å². The minimum absolute atomic E-state index is 0.0717. The van der Waals surface area contributed by atoms with Gasteiger partial charge in [-0.25, -0.2) is 4.79 Å². The Labute approximate surface area is 137 Å². The van der Waals surface area contributed by atoms with Gasteiger partial charge in [0.25, 0.3) is 5.56 Å². The number of nitrogens with zero attached hydrogens (tertiary/aromatic N) is 2. The van der Waals surface area contributed by atoms with E-state index in [0.717, 1.165) is 10.8 Å². The molecule has 11 heteroatoms. The third-order valence-corrected chi connectivity index (χ3v) is 5.77. The Morgan fingerprint density at radius 2 is 2.00 bits per heavy atom. The molecule has 136 valence electrons. The van der Waals surface area contributed by atoms with E-state index in [1.807, 2.05) is 4.98 Å². The molecular formula is C13H21FN3O6P. The number of aromatic amines is 1. The van der Waals surface area contributed by atoms with Gasteiger partial charge in [0.05, 0.1) is 31.6 Å². The van der Waals surface area contributed by atoms with Crippen LogP contribution in [0, 0.1) is 5.82 Å². The van der Waals surface area contributed by atoms with Crippen LogP contribution in [0.5, 0.6) is 0 Å². The Kier molecular flexibility index (Phi) is 6.11. The Hall–Kier alpha value is -1.32. The second-order valence-corrected chi connectivity index (χ2v) is 7.37. The second-order valence-electron chi connectivity index (χ2n) is 5.27. The van der Waals surface area contributed by atoms with Crippen molar-refractivity contribution in [2.24, 2.45) is 0 Å². The van der Waals surface area contributed by atoms with Crippen molar-refractivity contribution in [1.82, 2.24) is 14.6 Å². The van der Waals surface area contributed by atoms with Gasteiger partial charge >= 0.3 is 13.3 Å². The van der Waals surface area contributed by atoms with Crippen molar-refractivity contribution in [1.29, 1.82) is 0 Å². The molecule has 9 nitrogen and oxygen atoms in total. The summed E-state index contributed by atoms with van der Waals surface area (Å²) in [7, 11) is -1.68. The molecule has 0 aliphatic carbocycles. The number of hydrogen-bond acceptors (Lipinski definition) is 7. The summed E-state index contributed by atoms with van der Waals surface area (Å²) >= 11 is 0. The molecule has 0 radical (unpaired) electrons. The van der Waals surface area contributed by atoms with Crippen molar-refractivity contribution in [3.8, 4) is 0 Å². The molecule has 1 fully saturated rings. The molecule has 1 aliphatic rings. The first kappa shape index (κ1) is 19.0. The highest BCUT2D eigenvalue weighted by Crippen LogP contribution is 2.50. The number of aromatic nitrogens is 2. The first-order chi connectivity index (χ1) is 11.3. The zero-order valence-electron chi connectivity index (χ0n) is 13.7. The van der Waals surface area contributed by atoms with E-state index >= 15 is 0 Å². The summed E-state index contributed by atoms with van der Waals surface area (Å²) in [6.07, 6.45) is 0.302. The molecule has 0 bridgehead atoms. The lowest BCUT2D eigenvalue weighted by Gasteiger charge is -2.22. The topological polar surface area (TPSA) is 103 Å². The van der Waals surface area contributed by atoms with E-state index in [-0.39, 0.29) is 31.8 Å². The first-order valence-electron chi connectivity index (χ1n) is 7.58. The molecule has 0 saturated carbocycles. The van der Waals surface area contributed by atoms with Crippen LogP contribution >= 0.6 is 7.60 Å². The maximum atomic E-state index is 13.4. The zero-order chi connectivity index (χ0) is 17.9. The quantitative estimate of drug-likeness (QED) is 0.721. The van der Waals surface area contributed by atoms with Gasteiger partial charge in [-0.15, -0.1) is 0 Å². The van der Waals surface area contributed by atoms with Crippen molar-refractivity contribution in [3.63, 3.8) is 0 Å². The summed E-state index contributed by atoms with van der Waals surface area (Å²) in [4.78, 5) is 30.3. The Bertz CT molecular complexity index is 725. The monoisotopic (exact) mass is 365 g/mol. The van der Waals surface area contributed by atoms with Gasteiger partial charge in [0, 0.05) is 13.5 Å². The lowest BCUT2D eigenvalue weighted by Crippen LogP contribution is -2.34. The number of H-pyrrole nitrogens is 1. The maximum absolute atomic E-state index is 13.4. The van der Waals surface area contributed by atoms with E-state index in [1.54, 1.807) is 20.9 Å². The van der Waals surface area contributed by atoms with Gasteiger partial charge in [-0.2, -0.15) is 9.45 Å². The van der Waals surface area contributed by atoms with Crippen molar-refractivity contribution in [2.45, 2.75) is 32.5 Å². The van der Waals surface area contributed by atoms with Crippen LogP contribution in [0.2, 0.25) is 0 Å². The van der Waals surface area contributed by atoms with E-state index in [1.165, 1.54) is 5.06 Å². The normalized spacial score (nSPS) is 22.2. The summed E-state index contributed by atoms with van der Waals surface area (Å²) in [6, 6.07) is -0.360. The molecule has 0 spiro atoms. The third-order valence-electron chi connectivity index (χ3n) is 3.60. The number of hydroxylamine groups is 2. The summed E-state index contributed by atoms with van der Waals surface area (Å²) in [5.74, 6) is -1.08. The van der Waals surface area contributed by atoms with Crippen molar-refractivity contribution in [2.75, 3.05) is 26.4 Å². The fourth-order valence-corrected chi connectivity index (χ4v) is 4.49. The molecule has 2 atom stereocenters. The number of nitrogens with one attached hydrogen (secondary N) is 1. The average molecular weight is 365 g/mol. The molecule has 2 rings (SSSR count).